The molecule has 1 aromatic carbocycles. The molecule has 1 fully saturated rings. The van der Waals surface area contributed by atoms with Gasteiger partial charge < -0.3 is 9.47 Å². The third-order valence-corrected chi connectivity index (χ3v) is 3.35. The average molecular weight is 252 g/mol. The molecule has 1 atom stereocenters. The fourth-order valence-corrected chi connectivity index (χ4v) is 2.55. The molecular weight excluding hydrogens is 231 g/mol. The van der Waals surface area contributed by atoms with Crippen molar-refractivity contribution in [3.8, 4) is 5.75 Å². The van der Waals surface area contributed by atoms with E-state index < -0.39 is 5.60 Å². The lowest BCUT2D eigenvalue weighted by Gasteiger charge is -2.27. The predicted molar refractivity (Wildman–Crippen MR) is 69.4 cm³/mol. The zero-order chi connectivity index (χ0) is 13.6. The van der Waals surface area contributed by atoms with Gasteiger partial charge >= 0.3 is 0 Å². The Labute approximate surface area is 108 Å². The minimum Gasteiger partial charge on any atom is -0.484 e. The largest absolute Gasteiger partial charge is 0.484 e. The first-order chi connectivity index (χ1) is 8.20. The molecule has 1 saturated heterocycles. The summed E-state index contributed by atoms with van der Waals surface area (Å²) >= 11 is 0. The van der Waals surface area contributed by atoms with E-state index in [1.165, 1.54) is 6.07 Å². The smallest absolute Gasteiger partial charge is 0.165 e. The van der Waals surface area contributed by atoms with Gasteiger partial charge in [-0.05, 0) is 52.3 Å². The first kappa shape index (κ1) is 13.3. The molecule has 3 heteroatoms. The van der Waals surface area contributed by atoms with Gasteiger partial charge in [-0.2, -0.15) is 0 Å². The molecule has 0 aromatic heterocycles. The van der Waals surface area contributed by atoms with Crippen LogP contribution in [0.25, 0.3) is 0 Å². The lowest BCUT2D eigenvalue weighted by Crippen LogP contribution is -2.36. The van der Waals surface area contributed by atoms with Crippen molar-refractivity contribution in [1.29, 1.82) is 0 Å². The number of aryl methyl sites for hydroxylation is 1. The Kier molecular flexibility index (Phi) is 3.14. The van der Waals surface area contributed by atoms with Gasteiger partial charge in [0.05, 0.1) is 5.60 Å². The van der Waals surface area contributed by atoms with E-state index in [-0.39, 0.29) is 17.5 Å². The highest BCUT2D eigenvalue weighted by Crippen LogP contribution is 2.39. The SMILES string of the molecule is Cc1ccc(F)c(OC2CC(C)(C)OC2(C)C)c1. The highest BCUT2D eigenvalue weighted by molar-refractivity contribution is 5.30. The van der Waals surface area contributed by atoms with E-state index in [4.69, 9.17) is 9.47 Å². The Morgan fingerprint density at radius 1 is 1.28 bits per heavy atom. The van der Waals surface area contributed by atoms with Crippen molar-refractivity contribution < 1.29 is 13.9 Å². The van der Waals surface area contributed by atoms with Crippen LogP contribution in [0.1, 0.15) is 39.7 Å². The number of hydrogen-bond acceptors (Lipinski definition) is 2. The number of rotatable bonds is 2. The normalized spacial score (nSPS) is 25.1. The summed E-state index contributed by atoms with van der Waals surface area (Å²) in [6.07, 6.45) is 0.622. The molecule has 1 aliphatic heterocycles. The molecule has 1 unspecified atom stereocenters. The van der Waals surface area contributed by atoms with Crippen molar-refractivity contribution in [3.05, 3.63) is 29.6 Å². The molecule has 2 nitrogen and oxygen atoms in total. The van der Waals surface area contributed by atoms with Gasteiger partial charge in [-0.3, -0.25) is 0 Å². The van der Waals surface area contributed by atoms with Crippen LogP contribution in [0.2, 0.25) is 0 Å². The summed E-state index contributed by atoms with van der Waals surface area (Å²) in [5.74, 6) is -0.00418. The van der Waals surface area contributed by atoms with E-state index in [2.05, 4.69) is 0 Å². The van der Waals surface area contributed by atoms with Crippen molar-refractivity contribution in [2.45, 2.75) is 58.3 Å². The van der Waals surface area contributed by atoms with Gasteiger partial charge in [0.15, 0.2) is 11.6 Å². The van der Waals surface area contributed by atoms with Gasteiger partial charge in [0.25, 0.3) is 0 Å². The first-order valence-corrected chi connectivity index (χ1v) is 6.33. The van der Waals surface area contributed by atoms with Crippen LogP contribution in [0.3, 0.4) is 0 Å². The number of benzene rings is 1. The van der Waals surface area contributed by atoms with Crippen LogP contribution >= 0.6 is 0 Å². The van der Waals surface area contributed by atoms with Crippen LogP contribution in [0, 0.1) is 12.7 Å². The molecule has 0 bridgehead atoms. The first-order valence-electron chi connectivity index (χ1n) is 6.33. The van der Waals surface area contributed by atoms with Crippen molar-refractivity contribution in [2.75, 3.05) is 0 Å². The molecule has 0 spiro atoms. The highest BCUT2D eigenvalue weighted by atomic mass is 19.1. The van der Waals surface area contributed by atoms with Crippen molar-refractivity contribution in [1.82, 2.24) is 0 Å². The maximum absolute atomic E-state index is 13.7. The summed E-state index contributed by atoms with van der Waals surface area (Å²) in [5, 5.41) is 0. The van der Waals surface area contributed by atoms with Crippen molar-refractivity contribution in [3.63, 3.8) is 0 Å². The lowest BCUT2D eigenvalue weighted by molar-refractivity contribution is -0.0849. The summed E-state index contributed by atoms with van der Waals surface area (Å²) in [4.78, 5) is 0. The van der Waals surface area contributed by atoms with Gasteiger partial charge in [-0.15, -0.1) is 0 Å². The molecule has 18 heavy (non-hydrogen) atoms. The Hall–Kier alpha value is -1.09. The Bertz CT molecular complexity index is 452. The lowest BCUT2D eigenvalue weighted by atomic mass is 9.97. The summed E-state index contributed by atoms with van der Waals surface area (Å²) < 4.78 is 25.5. The van der Waals surface area contributed by atoms with Gasteiger partial charge in [0.1, 0.15) is 11.7 Å². The molecule has 0 N–H and O–H groups in total. The van der Waals surface area contributed by atoms with E-state index in [9.17, 15) is 4.39 Å². The number of halogens is 1. The van der Waals surface area contributed by atoms with E-state index in [1.807, 2.05) is 34.6 Å². The van der Waals surface area contributed by atoms with E-state index in [1.54, 1.807) is 12.1 Å². The minimum absolute atomic E-state index is 0.135. The maximum atomic E-state index is 13.7. The monoisotopic (exact) mass is 252 g/mol. The summed E-state index contributed by atoms with van der Waals surface area (Å²) in [6.45, 7) is 9.96. The second kappa shape index (κ2) is 4.23. The zero-order valence-electron chi connectivity index (χ0n) is 11.7. The number of ether oxygens (including phenoxy) is 2. The second-order valence-electron chi connectivity index (χ2n) is 6.21. The van der Waals surface area contributed by atoms with Crippen LogP contribution in [0.4, 0.5) is 4.39 Å². The van der Waals surface area contributed by atoms with Crippen LogP contribution in [-0.4, -0.2) is 17.3 Å². The third kappa shape index (κ3) is 2.66. The minimum atomic E-state index is -0.403. The van der Waals surface area contributed by atoms with E-state index in [0.717, 1.165) is 12.0 Å². The summed E-state index contributed by atoms with van der Waals surface area (Å²) in [5.41, 5.74) is 0.358. The average Bonchev–Trinajstić information content (AvgIpc) is 2.40. The summed E-state index contributed by atoms with van der Waals surface area (Å²) in [6, 6.07) is 4.91. The Morgan fingerprint density at radius 2 is 1.94 bits per heavy atom. The fraction of sp³-hybridized carbons (Fsp3) is 0.600. The molecule has 1 heterocycles. The quantitative estimate of drug-likeness (QED) is 0.795. The van der Waals surface area contributed by atoms with E-state index >= 15 is 0 Å². The molecular formula is C15H21FO2. The van der Waals surface area contributed by atoms with Gasteiger partial charge in [0, 0.05) is 6.42 Å². The molecule has 0 aliphatic carbocycles. The maximum Gasteiger partial charge on any atom is 0.165 e. The van der Waals surface area contributed by atoms with Crippen LogP contribution in [-0.2, 0) is 4.74 Å². The van der Waals surface area contributed by atoms with Crippen LogP contribution in [0.5, 0.6) is 5.75 Å². The molecule has 0 radical (unpaired) electrons. The molecule has 1 aromatic rings. The van der Waals surface area contributed by atoms with E-state index in [0.29, 0.717) is 5.75 Å². The zero-order valence-corrected chi connectivity index (χ0v) is 11.7. The van der Waals surface area contributed by atoms with Crippen LogP contribution < -0.4 is 4.74 Å². The molecule has 2 rings (SSSR count). The van der Waals surface area contributed by atoms with Crippen molar-refractivity contribution in [2.24, 2.45) is 0 Å². The van der Waals surface area contributed by atoms with Crippen molar-refractivity contribution >= 4 is 0 Å². The molecule has 0 saturated carbocycles. The topological polar surface area (TPSA) is 18.5 Å². The number of hydrogen-bond donors (Lipinski definition) is 0. The van der Waals surface area contributed by atoms with Gasteiger partial charge in [-0.25, -0.2) is 4.39 Å². The molecule has 1 aliphatic rings. The molecule has 0 amide bonds. The second-order valence-corrected chi connectivity index (χ2v) is 6.21. The Morgan fingerprint density at radius 3 is 2.50 bits per heavy atom. The fourth-order valence-electron chi connectivity index (χ4n) is 2.55. The standard InChI is InChI=1S/C15H21FO2/c1-10-6-7-11(16)12(8-10)17-13-9-14(2,3)18-15(13,4)5/h6-8,13H,9H2,1-5H3. The van der Waals surface area contributed by atoms with Gasteiger partial charge in [-0.1, -0.05) is 6.07 Å². The Balaban J connectivity index is 2.21. The van der Waals surface area contributed by atoms with Crippen LogP contribution in [0.15, 0.2) is 18.2 Å². The molecule has 100 valence electrons. The predicted octanol–water partition coefficient (Wildman–Crippen LogP) is 3.86. The summed E-state index contributed by atoms with van der Waals surface area (Å²) in [7, 11) is 0. The van der Waals surface area contributed by atoms with Gasteiger partial charge in [0.2, 0.25) is 0 Å². The third-order valence-electron chi connectivity index (χ3n) is 3.35. The highest BCUT2D eigenvalue weighted by Gasteiger charge is 2.47.